The van der Waals surface area contributed by atoms with Crippen molar-refractivity contribution in [2.24, 2.45) is 0 Å². The molecule has 2 heterocycles. The van der Waals surface area contributed by atoms with Crippen molar-refractivity contribution in [3.05, 3.63) is 59.9 Å². The van der Waals surface area contributed by atoms with Crippen molar-refractivity contribution < 1.29 is 0 Å². The van der Waals surface area contributed by atoms with E-state index >= 15 is 0 Å². The molecule has 0 radical (unpaired) electrons. The van der Waals surface area contributed by atoms with Crippen LogP contribution < -0.4 is 0 Å². The van der Waals surface area contributed by atoms with Crippen molar-refractivity contribution in [2.75, 3.05) is 0 Å². The number of aromatic amines is 1. The minimum Gasteiger partial charge on any atom is -0.277 e. The maximum atomic E-state index is 4.58. The molecule has 2 aromatic heterocycles. The van der Waals surface area contributed by atoms with Crippen LogP contribution >= 0.6 is 0 Å². The van der Waals surface area contributed by atoms with E-state index in [4.69, 9.17) is 0 Å². The molecule has 0 amide bonds. The first-order valence-corrected chi connectivity index (χ1v) is 6.91. The SMILES string of the molecule is CC1Cc2ccccc2-c2n[nH]c(-c3ccncc3)c21. The highest BCUT2D eigenvalue weighted by Crippen LogP contribution is 2.42. The Kier molecular flexibility index (Phi) is 2.46. The molecule has 1 unspecified atom stereocenters. The number of H-pyrrole nitrogens is 1. The fraction of sp³-hybridized carbons (Fsp3) is 0.176. The minimum absolute atomic E-state index is 0.474. The first-order chi connectivity index (χ1) is 9.84. The summed E-state index contributed by atoms with van der Waals surface area (Å²) in [6.07, 6.45) is 4.72. The summed E-state index contributed by atoms with van der Waals surface area (Å²) in [4.78, 5) is 4.09. The lowest BCUT2D eigenvalue weighted by atomic mass is 9.81. The Morgan fingerprint density at radius 1 is 1.10 bits per heavy atom. The molecule has 1 N–H and O–H groups in total. The predicted molar refractivity (Wildman–Crippen MR) is 79.4 cm³/mol. The smallest absolute Gasteiger partial charge is 0.0964 e. The number of pyridine rings is 1. The second-order valence-electron chi connectivity index (χ2n) is 5.36. The lowest BCUT2D eigenvalue weighted by Crippen LogP contribution is -2.08. The highest BCUT2D eigenvalue weighted by atomic mass is 15.1. The van der Waals surface area contributed by atoms with Gasteiger partial charge in [0.1, 0.15) is 0 Å². The molecule has 20 heavy (non-hydrogen) atoms. The minimum atomic E-state index is 0.474. The van der Waals surface area contributed by atoms with Gasteiger partial charge < -0.3 is 0 Å². The molecule has 1 aromatic carbocycles. The van der Waals surface area contributed by atoms with Crippen LogP contribution in [0.25, 0.3) is 22.5 Å². The second kappa shape index (κ2) is 4.30. The fourth-order valence-electron chi connectivity index (χ4n) is 3.14. The summed E-state index contributed by atoms with van der Waals surface area (Å²) in [5, 5.41) is 7.81. The molecule has 0 aliphatic heterocycles. The van der Waals surface area contributed by atoms with Gasteiger partial charge in [-0.15, -0.1) is 0 Å². The molecule has 98 valence electrons. The van der Waals surface area contributed by atoms with Crippen molar-refractivity contribution in [3.8, 4) is 22.5 Å². The number of hydrogen-bond acceptors (Lipinski definition) is 2. The third kappa shape index (κ3) is 1.59. The van der Waals surface area contributed by atoms with E-state index in [0.717, 1.165) is 23.4 Å². The molecule has 0 bridgehead atoms. The normalized spacial score (nSPS) is 16.6. The summed E-state index contributed by atoms with van der Waals surface area (Å²) in [5.74, 6) is 0.474. The van der Waals surface area contributed by atoms with Crippen LogP contribution in [0.4, 0.5) is 0 Å². The van der Waals surface area contributed by atoms with E-state index in [1.165, 1.54) is 16.7 Å². The van der Waals surface area contributed by atoms with Crippen molar-refractivity contribution in [2.45, 2.75) is 19.3 Å². The van der Waals surface area contributed by atoms with Gasteiger partial charge in [0.25, 0.3) is 0 Å². The van der Waals surface area contributed by atoms with E-state index in [2.05, 4.69) is 46.4 Å². The van der Waals surface area contributed by atoms with Gasteiger partial charge in [-0.2, -0.15) is 5.10 Å². The van der Waals surface area contributed by atoms with Crippen LogP contribution in [-0.4, -0.2) is 15.2 Å². The van der Waals surface area contributed by atoms with Crippen LogP contribution in [-0.2, 0) is 6.42 Å². The molecule has 0 spiro atoms. The summed E-state index contributed by atoms with van der Waals surface area (Å²) in [5.41, 5.74) is 7.36. The number of aromatic nitrogens is 3. The number of rotatable bonds is 1. The summed E-state index contributed by atoms with van der Waals surface area (Å²) in [6, 6.07) is 12.6. The maximum absolute atomic E-state index is 4.58. The van der Waals surface area contributed by atoms with E-state index in [0.29, 0.717) is 5.92 Å². The number of nitrogens with zero attached hydrogens (tertiary/aromatic N) is 2. The molecule has 1 aliphatic carbocycles. The Morgan fingerprint density at radius 3 is 2.75 bits per heavy atom. The number of benzene rings is 1. The van der Waals surface area contributed by atoms with Gasteiger partial charge in [0.2, 0.25) is 0 Å². The van der Waals surface area contributed by atoms with Crippen molar-refractivity contribution >= 4 is 0 Å². The second-order valence-corrected chi connectivity index (χ2v) is 5.36. The molecule has 3 aromatic rings. The molecule has 1 aliphatic rings. The van der Waals surface area contributed by atoms with Gasteiger partial charge in [-0.3, -0.25) is 10.1 Å². The molecule has 4 rings (SSSR count). The Bertz CT molecular complexity index is 745. The van der Waals surface area contributed by atoms with Crippen LogP contribution in [0.2, 0.25) is 0 Å². The summed E-state index contributed by atoms with van der Waals surface area (Å²) in [7, 11) is 0. The van der Waals surface area contributed by atoms with Gasteiger partial charge in [-0.05, 0) is 30.0 Å². The van der Waals surface area contributed by atoms with E-state index in [9.17, 15) is 0 Å². The van der Waals surface area contributed by atoms with Gasteiger partial charge in [-0.1, -0.05) is 31.2 Å². The average molecular weight is 261 g/mol. The zero-order valence-electron chi connectivity index (χ0n) is 11.3. The van der Waals surface area contributed by atoms with Crippen molar-refractivity contribution in [1.82, 2.24) is 15.2 Å². The summed E-state index contributed by atoms with van der Waals surface area (Å²) in [6.45, 7) is 2.27. The number of fused-ring (bicyclic) bond motifs is 3. The largest absolute Gasteiger partial charge is 0.277 e. The molecular weight excluding hydrogens is 246 g/mol. The highest BCUT2D eigenvalue weighted by Gasteiger charge is 2.27. The summed E-state index contributed by atoms with van der Waals surface area (Å²) < 4.78 is 0. The molecule has 0 fully saturated rings. The Balaban J connectivity index is 1.95. The zero-order chi connectivity index (χ0) is 13.5. The molecule has 1 atom stereocenters. The first kappa shape index (κ1) is 11.4. The Labute approximate surface area is 117 Å². The molecule has 3 nitrogen and oxygen atoms in total. The Hall–Kier alpha value is -2.42. The van der Waals surface area contributed by atoms with E-state index in [1.54, 1.807) is 0 Å². The van der Waals surface area contributed by atoms with Gasteiger partial charge in [0, 0.05) is 29.1 Å². The molecule has 0 saturated heterocycles. The predicted octanol–water partition coefficient (Wildman–Crippen LogP) is 3.80. The third-order valence-electron chi connectivity index (χ3n) is 4.06. The zero-order valence-corrected chi connectivity index (χ0v) is 11.3. The van der Waals surface area contributed by atoms with Gasteiger partial charge in [-0.25, -0.2) is 0 Å². The highest BCUT2D eigenvalue weighted by molar-refractivity contribution is 5.78. The molecule has 0 saturated carbocycles. The lowest BCUT2D eigenvalue weighted by molar-refractivity contribution is 0.751. The first-order valence-electron chi connectivity index (χ1n) is 6.91. The molecule has 3 heteroatoms. The molecular formula is C17H15N3. The Morgan fingerprint density at radius 2 is 1.90 bits per heavy atom. The van der Waals surface area contributed by atoms with Crippen molar-refractivity contribution in [1.29, 1.82) is 0 Å². The van der Waals surface area contributed by atoms with Crippen molar-refractivity contribution in [3.63, 3.8) is 0 Å². The van der Waals surface area contributed by atoms with Gasteiger partial charge in [0.15, 0.2) is 0 Å². The van der Waals surface area contributed by atoms with Crippen LogP contribution in [0.1, 0.15) is 24.0 Å². The van der Waals surface area contributed by atoms with Gasteiger partial charge in [0.05, 0.1) is 11.4 Å². The maximum Gasteiger partial charge on any atom is 0.0964 e. The van der Waals surface area contributed by atoms with E-state index in [1.807, 2.05) is 24.5 Å². The van der Waals surface area contributed by atoms with Crippen LogP contribution in [0.5, 0.6) is 0 Å². The fourth-order valence-corrected chi connectivity index (χ4v) is 3.14. The third-order valence-corrected chi connectivity index (χ3v) is 4.06. The van der Waals surface area contributed by atoms with E-state index in [-0.39, 0.29) is 0 Å². The number of hydrogen-bond donors (Lipinski definition) is 1. The van der Waals surface area contributed by atoms with Crippen LogP contribution in [0.15, 0.2) is 48.8 Å². The average Bonchev–Trinajstić information content (AvgIpc) is 2.94. The topological polar surface area (TPSA) is 41.6 Å². The van der Waals surface area contributed by atoms with Gasteiger partial charge >= 0.3 is 0 Å². The number of nitrogens with one attached hydrogen (secondary N) is 1. The van der Waals surface area contributed by atoms with Crippen LogP contribution in [0, 0.1) is 0 Å². The quantitative estimate of drug-likeness (QED) is 0.724. The monoisotopic (exact) mass is 261 g/mol. The van der Waals surface area contributed by atoms with Crippen LogP contribution in [0.3, 0.4) is 0 Å². The summed E-state index contributed by atoms with van der Waals surface area (Å²) >= 11 is 0. The van der Waals surface area contributed by atoms with E-state index < -0.39 is 0 Å². The standard InChI is InChI=1S/C17H15N3/c1-11-10-13-4-2-3-5-14(13)17-15(11)16(19-20-17)12-6-8-18-9-7-12/h2-9,11H,10H2,1H3,(H,19,20). The lowest BCUT2D eigenvalue weighted by Gasteiger charge is -2.22.